The van der Waals surface area contributed by atoms with Crippen molar-refractivity contribution in [3.63, 3.8) is 0 Å². The van der Waals surface area contributed by atoms with Gasteiger partial charge in [0.05, 0.1) is 17.9 Å². The standard InChI is InChI=1S/C18H23NO3/c1-10-3-5-12(6-4-10)11(2)19-17(20)15-13-7-8-14(9-13)16(15)18(21)22/h3-6,11,13-16H,7-9H2,1-2H3,(H,19,20)(H,21,22)/t11-,13+,14+,15-,16+/m1/s1. The summed E-state index contributed by atoms with van der Waals surface area (Å²) in [6.45, 7) is 3.98. The first kappa shape index (κ1) is 15.1. The number of carboxylic acid groups (broad SMARTS) is 1. The number of aryl methyl sites for hydroxylation is 1. The number of hydrogen-bond donors (Lipinski definition) is 2. The smallest absolute Gasteiger partial charge is 0.307 e. The van der Waals surface area contributed by atoms with Crippen LogP contribution in [0.1, 0.15) is 43.4 Å². The molecule has 2 aliphatic rings. The van der Waals surface area contributed by atoms with Crippen molar-refractivity contribution >= 4 is 11.9 Å². The van der Waals surface area contributed by atoms with Gasteiger partial charge >= 0.3 is 5.97 Å². The lowest BCUT2D eigenvalue weighted by atomic mass is 9.78. The van der Waals surface area contributed by atoms with Crippen LogP contribution in [0.3, 0.4) is 0 Å². The third kappa shape index (κ3) is 2.62. The largest absolute Gasteiger partial charge is 0.481 e. The molecule has 0 aliphatic heterocycles. The molecule has 0 radical (unpaired) electrons. The Morgan fingerprint density at radius 1 is 1.14 bits per heavy atom. The highest BCUT2D eigenvalue weighted by Gasteiger charge is 2.54. The van der Waals surface area contributed by atoms with Crippen molar-refractivity contribution in [3.8, 4) is 0 Å². The Morgan fingerprint density at radius 3 is 2.32 bits per heavy atom. The minimum atomic E-state index is -0.810. The third-order valence-corrected chi connectivity index (χ3v) is 5.44. The number of fused-ring (bicyclic) bond motifs is 2. The first-order chi connectivity index (χ1) is 10.5. The molecule has 1 aromatic carbocycles. The van der Waals surface area contributed by atoms with Crippen molar-refractivity contribution in [2.45, 2.75) is 39.2 Å². The molecule has 22 heavy (non-hydrogen) atoms. The van der Waals surface area contributed by atoms with E-state index in [2.05, 4.69) is 5.32 Å². The topological polar surface area (TPSA) is 66.4 Å². The summed E-state index contributed by atoms with van der Waals surface area (Å²) < 4.78 is 0. The molecule has 4 nitrogen and oxygen atoms in total. The molecule has 2 N–H and O–H groups in total. The Balaban J connectivity index is 1.71. The van der Waals surface area contributed by atoms with E-state index in [0.717, 1.165) is 24.8 Å². The molecule has 118 valence electrons. The molecule has 2 saturated carbocycles. The number of amides is 1. The molecule has 2 bridgehead atoms. The monoisotopic (exact) mass is 301 g/mol. The molecule has 0 aromatic heterocycles. The number of benzene rings is 1. The molecule has 5 atom stereocenters. The van der Waals surface area contributed by atoms with E-state index in [1.165, 1.54) is 5.56 Å². The first-order valence-corrected chi connectivity index (χ1v) is 8.07. The van der Waals surface area contributed by atoms with Crippen molar-refractivity contribution in [2.24, 2.45) is 23.7 Å². The van der Waals surface area contributed by atoms with Gasteiger partial charge in [-0.25, -0.2) is 0 Å². The fourth-order valence-corrected chi connectivity index (χ4v) is 4.27. The second-order valence-corrected chi connectivity index (χ2v) is 6.86. The highest BCUT2D eigenvalue weighted by atomic mass is 16.4. The van der Waals surface area contributed by atoms with Gasteiger partial charge in [-0.05, 0) is 50.5 Å². The molecular weight excluding hydrogens is 278 g/mol. The number of aliphatic carboxylic acids is 1. The minimum Gasteiger partial charge on any atom is -0.481 e. The molecular formula is C18H23NO3. The van der Waals surface area contributed by atoms with Crippen LogP contribution in [-0.2, 0) is 9.59 Å². The number of rotatable bonds is 4. The minimum absolute atomic E-state index is 0.0901. The summed E-state index contributed by atoms with van der Waals surface area (Å²) in [5.41, 5.74) is 2.23. The lowest BCUT2D eigenvalue weighted by molar-refractivity contribution is -0.149. The number of hydrogen-bond acceptors (Lipinski definition) is 2. The predicted octanol–water partition coefficient (Wildman–Crippen LogP) is 2.92. The van der Waals surface area contributed by atoms with Crippen LogP contribution in [0, 0.1) is 30.6 Å². The molecule has 0 saturated heterocycles. The zero-order valence-electron chi connectivity index (χ0n) is 13.1. The highest BCUT2D eigenvalue weighted by Crippen LogP contribution is 2.52. The summed E-state index contributed by atoms with van der Waals surface area (Å²) in [4.78, 5) is 24.1. The molecule has 2 fully saturated rings. The second kappa shape index (κ2) is 5.75. The quantitative estimate of drug-likeness (QED) is 0.898. The van der Waals surface area contributed by atoms with E-state index in [4.69, 9.17) is 0 Å². The van der Waals surface area contributed by atoms with Gasteiger partial charge in [0.25, 0.3) is 0 Å². The summed E-state index contributed by atoms with van der Waals surface area (Å²) in [5.74, 6) is -1.32. The van der Waals surface area contributed by atoms with Gasteiger partial charge in [-0.2, -0.15) is 0 Å². The molecule has 1 amide bonds. The predicted molar refractivity (Wildman–Crippen MR) is 83.2 cm³/mol. The van der Waals surface area contributed by atoms with Crippen LogP contribution in [-0.4, -0.2) is 17.0 Å². The van der Waals surface area contributed by atoms with Crippen molar-refractivity contribution in [1.29, 1.82) is 0 Å². The van der Waals surface area contributed by atoms with Gasteiger partial charge in [-0.3, -0.25) is 9.59 Å². The van der Waals surface area contributed by atoms with E-state index in [0.29, 0.717) is 0 Å². The first-order valence-electron chi connectivity index (χ1n) is 8.07. The van der Waals surface area contributed by atoms with Crippen LogP contribution in [0.5, 0.6) is 0 Å². The summed E-state index contributed by atoms with van der Waals surface area (Å²) in [6.07, 6.45) is 2.85. The Hall–Kier alpha value is -1.84. The van der Waals surface area contributed by atoms with E-state index >= 15 is 0 Å². The van der Waals surface area contributed by atoms with Gasteiger partial charge in [0.15, 0.2) is 0 Å². The lowest BCUT2D eigenvalue weighted by Crippen LogP contribution is -2.42. The van der Waals surface area contributed by atoms with E-state index in [1.807, 2.05) is 38.1 Å². The Bertz CT molecular complexity index is 580. The van der Waals surface area contributed by atoms with Gasteiger partial charge in [-0.15, -0.1) is 0 Å². The Labute approximate surface area is 130 Å². The van der Waals surface area contributed by atoms with Crippen molar-refractivity contribution in [2.75, 3.05) is 0 Å². The summed E-state index contributed by atoms with van der Waals surface area (Å²) in [7, 11) is 0. The number of carbonyl (C=O) groups is 2. The molecule has 3 rings (SSSR count). The fraction of sp³-hybridized carbons (Fsp3) is 0.556. The number of carboxylic acids is 1. The maximum atomic E-state index is 12.6. The molecule has 1 aromatic rings. The summed E-state index contributed by atoms with van der Waals surface area (Å²) in [6, 6.07) is 7.97. The van der Waals surface area contributed by atoms with Crippen LogP contribution in [0.2, 0.25) is 0 Å². The number of nitrogens with one attached hydrogen (secondary N) is 1. The van der Waals surface area contributed by atoms with E-state index in [-0.39, 0.29) is 29.7 Å². The van der Waals surface area contributed by atoms with Gasteiger partial charge < -0.3 is 10.4 Å². The van der Waals surface area contributed by atoms with Crippen LogP contribution < -0.4 is 5.32 Å². The molecule has 0 unspecified atom stereocenters. The molecule has 0 spiro atoms. The van der Waals surface area contributed by atoms with Crippen LogP contribution >= 0.6 is 0 Å². The Morgan fingerprint density at radius 2 is 1.73 bits per heavy atom. The van der Waals surface area contributed by atoms with Gasteiger partial charge in [0.1, 0.15) is 0 Å². The maximum Gasteiger partial charge on any atom is 0.307 e. The normalized spacial score (nSPS) is 31.0. The van der Waals surface area contributed by atoms with Crippen molar-refractivity contribution < 1.29 is 14.7 Å². The molecule has 0 heterocycles. The third-order valence-electron chi connectivity index (χ3n) is 5.44. The zero-order chi connectivity index (χ0) is 15.9. The van der Waals surface area contributed by atoms with Gasteiger partial charge in [0.2, 0.25) is 5.91 Å². The van der Waals surface area contributed by atoms with Gasteiger partial charge in [0, 0.05) is 0 Å². The fourth-order valence-electron chi connectivity index (χ4n) is 4.27. The zero-order valence-corrected chi connectivity index (χ0v) is 13.1. The van der Waals surface area contributed by atoms with Crippen molar-refractivity contribution in [1.82, 2.24) is 5.32 Å². The van der Waals surface area contributed by atoms with Crippen LogP contribution in [0.15, 0.2) is 24.3 Å². The maximum absolute atomic E-state index is 12.6. The SMILES string of the molecule is Cc1ccc([C@@H](C)NC(=O)[C@@H]2[C@H]3CC[C@@H](C3)[C@@H]2C(=O)O)cc1. The van der Waals surface area contributed by atoms with Gasteiger partial charge in [-0.1, -0.05) is 29.8 Å². The number of carbonyl (C=O) groups excluding carboxylic acids is 1. The van der Waals surface area contributed by atoms with E-state index < -0.39 is 11.9 Å². The van der Waals surface area contributed by atoms with Crippen LogP contribution in [0.4, 0.5) is 0 Å². The van der Waals surface area contributed by atoms with E-state index in [1.54, 1.807) is 0 Å². The molecule has 4 heteroatoms. The summed E-state index contributed by atoms with van der Waals surface area (Å²) >= 11 is 0. The average Bonchev–Trinajstić information content (AvgIpc) is 3.08. The average molecular weight is 301 g/mol. The lowest BCUT2D eigenvalue weighted by Gasteiger charge is -2.28. The molecule has 2 aliphatic carbocycles. The summed E-state index contributed by atoms with van der Waals surface area (Å²) in [5, 5.41) is 12.5. The van der Waals surface area contributed by atoms with E-state index in [9.17, 15) is 14.7 Å². The van der Waals surface area contributed by atoms with Crippen molar-refractivity contribution in [3.05, 3.63) is 35.4 Å². The second-order valence-electron chi connectivity index (χ2n) is 6.86. The highest BCUT2D eigenvalue weighted by molar-refractivity contribution is 5.86. The van der Waals surface area contributed by atoms with Crippen LogP contribution in [0.25, 0.3) is 0 Å². The Kier molecular flexibility index (Phi) is 3.94.